The lowest BCUT2D eigenvalue weighted by Gasteiger charge is -2.32. The summed E-state index contributed by atoms with van der Waals surface area (Å²) in [4.78, 5) is 53.1. The SMILES string of the molecule is CCNC(=O)[C@H]1O[C@@H](n2cnc3c(N)nc(CCCC4CCN(C(=O)OCC5CCC(=O)N5C)CC4)nc32)C(O)[C@H]1O. The summed E-state index contributed by atoms with van der Waals surface area (Å²) >= 11 is 0. The molecule has 5 N–H and O–H groups in total. The monoisotopic (exact) mass is 588 g/mol. The molecular formula is C27H40N8O7. The number of nitrogens with one attached hydrogen (secondary N) is 1. The number of aliphatic hydroxyl groups is 2. The minimum atomic E-state index is -1.41. The van der Waals surface area contributed by atoms with E-state index < -0.39 is 30.4 Å². The number of nitrogens with zero attached hydrogens (tertiary/aromatic N) is 6. The molecule has 5 atom stereocenters. The Kier molecular flexibility index (Phi) is 9.08. The van der Waals surface area contributed by atoms with Gasteiger partial charge in [0.25, 0.3) is 5.91 Å². The number of carbonyl (C=O) groups is 3. The molecule has 5 rings (SSSR count). The lowest BCUT2D eigenvalue weighted by atomic mass is 9.91. The number of aromatic nitrogens is 4. The number of imidazole rings is 1. The molecule has 230 valence electrons. The maximum Gasteiger partial charge on any atom is 0.409 e. The van der Waals surface area contributed by atoms with Crippen LogP contribution < -0.4 is 11.1 Å². The third-order valence-electron chi connectivity index (χ3n) is 8.53. The minimum absolute atomic E-state index is 0.0420. The van der Waals surface area contributed by atoms with Crippen molar-refractivity contribution in [3.63, 3.8) is 0 Å². The van der Waals surface area contributed by atoms with Gasteiger partial charge in [0.15, 0.2) is 23.8 Å². The lowest BCUT2D eigenvalue weighted by molar-refractivity contribution is -0.137. The van der Waals surface area contributed by atoms with E-state index in [0.29, 0.717) is 61.8 Å². The first kappa shape index (κ1) is 29.9. The quantitative estimate of drug-likeness (QED) is 0.306. The molecule has 2 aromatic heterocycles. The van der Waals surface area contributed by atoms with E-state index in [1.807, 2.05) is 0 Å². The lowest BCUT2D eigenvalue weighted by Crippen LogP contribution is -2.42. The largest absolute Gasteiger partial charge is 0.447 e. The fraction of sp³-hybridized carbons (Fsp3) is 0.704. The number of nitrogens with two attached hydrogens (primary N) is 1. The van der Waals surface area contributed by atoms with Crippen molar-refractivity contribution in [3.8, 4) is 0 Å². The van der Waals surface area contributed by atoms with Crippen LogP contribution in [0.1, 0.15) is 57.5 Å². The molecule has 0 spiro atoms. The molecule has 15 heteroatoms. The van der Waals surface area contributed by atoms with E-state index in [-0.39, 0.29) is 30.5 Å². The number of carbonyl (C=O) groups excluding carboxylic acids is 3. The van der Waals surface area contributed by atoms with E-state index in [1.165, 1.54) is 10.9 Å². The summed E-state index contributed by atoms with van der Waals surface area (Å²) in [5.74, 6) is 0.744. The van der Waals surface area contributed by atoms with Crippen LogP contribution in [0.15, 0.2) is 6.33 Å². The third-order valence-corrected chi connectivity index (χ3v) is 8.53. The van der Waals surface area contributed by atoms with Crippen molar-refractivity contribution in [1.29, 1.82) is 0 Å². The normalized spacial score (nSPS) is 26.8. The van der Waals surface area contributed by atoms with Crippen molar-refractivity contribution in [3.05, 3.63) is 12.2 Å². The number of rotatable bonds is 9. The fourth-order valence-electron chi connectivity index (χ4n) is 5.93. The number of likely N-dealkylation sites (N-methyl/N-ethyl adjacent to an activating group) is 2. The zero-order valence-corrected chi connectivity index (χ0v) is 24.0. The Bertz CT molecular complexity index is 1300. The van der Waals surface area contributed by atoms with Crippen molar-refractivity contribution in [2.75, 3.05) is 39.0 Å². The number of anilines is 1. The molecule has 0 aromatic carbocycles. The van der Waals surface area contributed by atoms with Crippen LogP contribution in [0.3, 0.4) is 0 Å². The molecule has 3 aliphatic heterocycles. The van der Waals surface area contributed by atoms with Crippen LogP contribution in [-0.4, -0.2) is 115 Å². The predicted molar refractivity (Wildman–Crippen MR) is 149 cm³/mol. The molecule has 3 amide bonds. The van der Waals surface area contributed by atoms with Crippen LogP contribution in [-0.2, 0) is 25.5 Å². The molecule has 0 bridgehead atoms. The summed E-state index contributed by atoms with van der Waals surface area (Å²) in [5, 5.41) is 23.6. The molecule has 2 unspecified atom stereocenters. The number of hydrogen-bond donors (Lipinski definition) is 4. The molecule has 3 saturated heterocycles. The van der Waals surface area contributed by atoms with Crippen LogP contribution in [0.25, 0.3) is 11.2 Å². The van der Waals surface area contributed by atoms with Gasteiger partial charge in [-0.25, -0.2) is 19.7 Å². The maximum atomic E-state index is 12.5. The molecule has 0 radical (unpaired) electrons. The predicted octanol–water partition coefficient (Wildman–Crippen LogP) is -0.0441. The van der Waals surface area contributed by atoms with Gasteiger partial charge in [0, 0.05) is 39.5 Å². The van der Waals surface area contributed by atoms with E-state index in [4.69, 9.17) is 15.2 Å². The van der Waals surface area contributed by atoms with Crippen molar-refractivity contribution in [1.82, 2.24) is 34.6 Å². The Morgan fingerprint density at radius 1 is 1.19 bits per heavy atom. The summed E-state index contributed by atoms with van der Waals surface area (Å²) in [7, 11) is 1.75. The first-order valence-corrected chi connectivity index (χ1v) is 14.6. The van der Waals surface area contributed by atoms with Gasteiger partial charge in [-0.2, -0.15) is 0 Å². The summed E-state index contributed by atoms with van der Waals surface area (Å²) in [6, 6.07) is -0.0420. The molecule has 5 heterocycles. The van der Waals surface area contributed by atoms with Crippen LogP contribution >= 0.6 is 0 Å². The van der Waals surface area contributed by atoms with Crippen LogP contribution in [0.5, 0.6) is 0 Å². The van der Waals surface area contributed by atoms with Gasteiger partial charge in [-0.1, -0.05) is 0 Å². The van der Waals surface area contributed by atoms with Gasteiger partial charge in [0.1, 0.15) is 30.2 Å². The van der Waals surface area contributed by atoms with Crippen molar-refractivity contribution in [2.24, 2.45) is 5.92 Å². The molecule has 2 aromatic rings. The number of piperidine rings is 1. The van der Waals surface area contributed by atoms with Gasteiger partial charge in [-0.15, -0.1) is 0 Å². The van der Waals surface area contributed by atoms with E-state index in [9.17, 15) is 24.6 Å². The number of amides is 3. The summed E-state index contributed by atoms with van der Waals surface area (Å²) in [5.41, 5.74) is 6.87. The highest BCUT2D eigenvalue weighted by Gasteiger charge is 2.47. The molecule has 3 fully saturated rings. The number of likely N-dealkylation sites (tertiary alicyclic amines) is 2. The van der Waals surface area contributed by atoms with E-state index in [0.717, 1.165) is 25.7 Å². The second-order valence-corrected chi connectivity index (χ2v) is 11.3. The first-order valence-electron chi connectivity index (χ1n) is 14.6. The molecule has 3 aliphatic rings. The Balaban J connectivity index is 1.12. The number of ether oxygens (including phenoxy) is 2. The maximum absolute atomic E-state index is 12.5. The molecule has 0 aliphatic carbocycles. The number of aryl methyl sites for hydroxylation is 1. The van der Waals surface area contributed by atoms with Gasteiger partial charge in [-0.05, 0) is 44.9 Å². The first-order chi connectivity index (χ1) is 20.2. The molecular weight excluding hydrogens is 548 g/mol. The van der Waals surface area contributed by atoms with Crippen molar-refractivity contribution in [2.45, 2.75) is 82.5 Å². The van der Waals surface area contributed by atoms with E-state index >= 15 is 0 Å². The number of fused-ring (bicyclic) bond motifs is 1. The number of nitrogen functional groups attached to an aromatic ring is 1. The van der Waals surface area contributed by atoms with Gasteiger partial charge < -0.3 is 40.5 Å². The third kappa shape index (κ3) is 6.13. The van der Waals surface area contributed by atoms with Gasteiger partial charge >= 0.3 is 6.09 Å². The Labute approximate surface area is 243 Å². The van der Waals surface area contributed by atoms with Gasteiger partial charge in [-0.3, -0.25) is 14.2 Å². The number of hydrogen-bond acceptors (Lipinski definition) is 11. The average molecular weight is 589 g/mol. The minimum Gasteiger partial charge on any atom is -0.447 e. The Morgan fingerprint density at radius 2 is 1.95 bits per heavy atom. The molecule has 42 heavy (non-hydrogen) atoms. The van der Waals surface area contributed by atoms with Crippen molar-refractivity contribution < 1.29 is 34.1 Å². The summed E-state index contributed by atoms with van der Waals surface area (Å²) in [6.07, 6.45) is 1.29. The topological polar surface area (TPSA) is 198 Å². The van der Waals surface area contributed by atoms with Crippen molar-refractivity contribution >= 4 is 34.9 Å². The highest BCUT2D eigenvalue weighted by atomic mass is 16.6. The average Bonchev–Trinajstić information content (AvgIpc) is 3.63. The molecule has 15 nitrogen and oxygen atoms in total. The van der Waals surface area contributed by atoms with E-state index in [1.54, 1.807) is 23.8 Å². The van der Waals surface area contributed by atoms with Gasteiger partial charge in [0.2, 0.25) is 5.91 Å². The zero-order chi connectivity index (χ0) is 30.0. The summed E-state index contributed by atoms with van der Waals surface area (Å²) < 4.78 is 12.7. The Morgan fingerprint density at radius 3 is 2.64 bits per heavy atom. The molecule has 0 saturated carbocycles. The second-order valence-electron chi connectivity index (χ2n) is 11.3. The fourth-order valence-corrected chi connectivity index (χ4v) is 5.93. The Hall–Kier alpha value is -3.56. The highest BCUT2D eigenvalue weighted by Crippen LogP contribution is 2.32. The van der Waals surface area contributed by atoms with Crippen LogP contribution in [0, 0.1) is 5.92 Å². The highest BCUT2D eigenvalue weighted by molar-refractivity contribution is 5.83. The number of aliphatic hydroxyl groups excluding tert-OH is 2. The van der Waals surface area contributed by atoms with E-state index in [2.05, 4.69) is 20.3 Å². The smallest absolute Gasteiger partial charge is 0.409 e. The van der Waals surface area contributed by atoms with Crippen LogP contribution in [0.4, 0.5) is 10.6 Å². The standard InChI is InChI=1S/C27H40N8O7/c1-3-29-25(39)22-20(37)21(38)26(42-22)35-14-30-19-23(28)31-17(32-24(19)35)6-4-5-15-9-11-34(12-10-15)27(40)41-13-16-7-8-18(36)33(16)2/h14-16,20-22,26,37-38H,3-13H2,1-2H3,(H,29,39)(H2,28,31,32)/t16?,20-,21?,22+,26-/m1/s1. The summed E-state index contributed by atoms with van der Waals surface area (Å²) in [6.45, 7) is 3.60. The zero-order valence-electron chi connectivity index (χ0n) is 24.0. The second kappa shape index (κ2) is 12.8. The van der Waals surface area contributed by atoms with Gasteiger partial charge in [0.05, 0.1) is 12.4 Å². The van der Waals surface area contributed by atoms with Crippen LogP contribution in [0.2, 0.25) is 0 Å².